The zero-order valence-corrected chi connectivity index (χ0v) is 30.4. The normalized spacial score (nSPS) is 15.9. The molecule has 0 bridgehead atoms. The van der Waals surface area contributed by atoms with Crippen LogP contribution in [0.4, 0.5) is 17.1 Å². The predicted octanol–water partition coefficient (Wildman–Crippen LogP) is 6.08. The molecule has 12 heteroatoms. The molecular weight excluding hydrogens is 652 g/mol. The standard InChI is InChI=1S/C39H46N4O8/c1-9-24(3)37-41(5)31-21-35(33(48-7)19-28(31)39(46)42(37)10-2)51-23-25(17-36(44)49-8)22-50-34-20-29(40-4)27(18-32(34)47-6)38(45)43-16-15-26-13-11-12-14-30(26)43/h11-14,17-21,24,37H,4,9-10,15-16,22-23H2,1-3,5-8H3/b25-17+/t24-,37?/m0/s1. The Bertz CT molecular complexity index is 1840. The minimum Gasteiger partial charge on any atom is -0.493 e. The molecule has 0 saturated heterocycles. The summed E-state index contributed by atoms with van der Waals surface area (Å²) in [6, 6.07) is 14.5. The summed E-state index contributed by atoms with van der Waals surface area (Å²) in [5, 5.41) is 0. The minimum atomic E-state index is -0.594. The molecule has 270 valence electrons. The van der Waals surface area contributed by atoms with E-state index in [0.29, 0.717) is 52.7 Å². The average molecular weight is 699 g/mol. The van der Waals surface area contributed by atoms with Gasteiger partial charge in [0.1, 0.15) is 19.4 Å². The summed E-state index contributed by atoms with van der Waals surface area (Å²) in [5.41, 5.74) is 4.29. The van der Waals surface area contributed by atoms with Crippen molar-refractivity contribution in [1.82, 2.24) is 4.90 Å². The second-order valence-corrected chi connectivity index (χ2v) is 12.4. The summed E-state index contributed by atoms with van der Waals surface area (Å²) in [7, 11) is 6.24. The fourth-order valence-corrected chi connectivity index (χ4v) is 6.65. The van der Waals surface area contributed by atoms with Crippen molar-refractivity contribution in [2.45, 2.75) is 39.8 Å². The average Bonchev–Trinajstić information content (AvgIpc) is 3.59. The lowest BCUT2D eigenvalue weighted by Gasteiger charge is -2.46. The van der Waals surface area contributed by atoms with Gasteiger partial charge in [0, 0.05) is 49.6 Å². The van der Waals surface area contributed by atoms with Crippen molar-refractivity contribution in [2.24, 2.45) is 10.9 Å². The van der Waals surface area contributed by atoms with E-state index in [0.717, 1.165) is 29.8 Å². The van der Waals surface area contributed by atoms with Gasteiger partial charge in [0.05, 0.1) is 43.8 Å². The molecule has 2 aliphatic heterocycles. The van der Waals surface area contributed by atoms with Crippen LogP contribution in [0, 0.1) is 5.92 Å². The minimum absolute atomic E-state index is 0.0688. The third-order valence-corrected chi connectivity index (χ3v) is 9.53. The van der Waals surface area contributed by atoms with Crippen molar-refractivity contribution in [2.75, 3.05) is 64.5 Å². The number of methoxy groups -OCH3 is 3. The molecule has 51 heavy (non-hydrogen) atoms. The largest absolute Gasteiger partial charge is 0.493 e. The third-order valence-electron chi connectivity index (χ3n) is 9.53. The quantitative estimate of drug-likeness (QED) is 0.112. The number of anilines is 2. The number of hydrogen-bond donors (Lipinski definition) is 0. The van der Waals surface area contributed by atoms with Gasteiger partial charge in [-0.3, -0.25) is 14.6 Å². The maximum atomic E-state index is 13.7. The highest BCUT2D eigenvalue weighted by Gasteiger charge is 2.38. The monoisotopic (exact) mass is 698 g/mol. The van der Waals surface area contributed by atoms with Gasteiger partial charge in [0.25, 0.3) is 11.8 Å². The smallest absolute Gasteiger partial charge is 0.330 e. The van der Waals surface area contributed by atoms with E-state index >= 15 is 0 Å². The molecule has 2 amide bonds. The summed E-state index contributed by atoms with van der Waals surface area (Å²) >= 11 is 0. The number of aliphatic imine (C=N–C) groups is 1. The van der Waals surface area contributed by atoms with Crippen LogP contribution in [0.15, 0.2) is 65.2 Å². The molecule has 0 aromatic heterocycles. The number of esters is 1. The number of fused-ring (bicyclic) bond motifs is 2. The molecule has 3 aromatic rings. The number of benzene rings is 3. The summed E-state index contributed by atoms with van der Waals surface area (Å²) in [4.78, 5) is 49.6. The highest BCUT2D eigenvalue weighted by molar-refractivity contribution is 6.11. The Kier molecular flexibility index (Phi) is 11.5. The molecule has 0 fully saturated rings. The highest BCUT2D eigenvalue weighted by Crippen LogP contribution is 2.42. The molecule has 2 heterocycles. The van der Waals surface area contributed by atoms with Crippen molar-refractivity contribution in [3.05, 3.63) is 76.9 Å². The van der Waals surface area contributed by atoms with Crippen molar-refractivity contribution in [1.29, 1.82) is 0 Å². The lowest BCUT2D eigenvalue weighted by atomic mass is 9.96. The number of hydrogen-bond acceptors (Lipinski definition) is 10. The molecular formula is C39H46N4O8. The lowest BCUT2D eigenvalue weighted by molar-refractivity contribution is -0.134. The molecule has 0 spiro atoms. The molecule has 1 unspecified atom stereocenters. The first kappa shape index (κ1) is 36.8. The van der Waals surface area contributed by atoms with E-state index in [-0.39, 0.29) is 42.9 Å². The molecule has 12 nitrogen and oxygen atoms in total. The van der Waals surface area contributed by atoms with E-state index in [2.05, 4.69) is 30.5 Å². The van der Waals surface area contributed by atoms with Gasteiger partial charge in [-0.25, -0.2) is 4.79 Å². The van der Waals surface area contributed by atoms with E-state index in [4.69, 9.17) is 23.7 Å². The maximum absolute atomic E-state index is 13.7. The van der Waals surface area contributed by atoms with Crippen LogP contribution in [0.1, 0.15) is 53.5 Å². The zero-order chi connectivity index (χ0) is 36.8. The Hall–Kier alpha value is -5.52. The van der Waals surface area contributed by atoms with Crippen LogP contribution in [0.25, 0.3) is 0 Å². The SMILES string of the molecule is C=Nc1cc(OC/C(=C\C(=O)OC)COc2cc3c(cc2OC)C(=O)N(CC)C([C@@H](C)CC)N3C)c(OC)cc1C(=O)N1CCc2ccccc21. The first-order valence-electron chi connectivity index (χ1n) is 17.0. The van der Waals surface area contributed by atoms with Crippen molar-refractivity contribution in [3.8, 4) is 23.0 Å². The van der Waals surface area contributed by atoms with Crippen molar-refractivity contribution < 1.29 is 38.1 Å². The van der Waals surface area contributed by atoms with E-state index in [9.17, 15) is 14.4 Å². The van der Waals surface area contributed by atoms with Gasteiger partial charge < -0.3 is 38.4 Å². The number of rotatable bonds is 14. The van der Waals surface area contributed by atoms with E-state index < -0.39 is 5.97 Å². The van der Waals surface area contributed by atoms with Crippen LogP contribution in [-0.2, 0) is 16.0 Å². The molecule has 0 radical (unpaired) electrons. The Morgan fingerprint density at radius 1 is 0.961 bits per heavy atom. The number of ether oxygens (including phenoxy) is 5. The summed E-state index contributed by atoms with van der Waals surface area (Å²) < 4.78 is 28.6. The van der Waals surface area contributed by atoms with Gasteiger partial charge in [-0.05, 0) is 56.2 Å². The fourth-order valence-electron chi connectivity index (χ4n) is 6.65. The van der Waals surface area contributed by atoms with Crippen molar-refractivity contribution >= 4 is 41.6 Å². The fraction of sp³-hybridized carbons (Fsp3) is 0.385. The van der Waals surface area contributed by atoms with Crippen molar-refractivity contribution in [3.63, 3.8) is 0 Å². The summed E-state index contributed by atoms with van der Waals surface area (Å²) in [6.07, 6.45) is 2.83. The molecule has 2 aliphatic rings. The topological polar surface area (TPSA) is 119 Å². The summed E-state index contributed by atoms with van der Waals surface area (Å²) in [6.45, 7) is 10.9. The number of nitrogens with zero attached hydrogens (tertiary/aromatic N) is 4. The van der Waals surface area contributed by atoms with Crippen LogP contribution in [0.3, 0.4) is 0 Å². The van der Waals surface area contributed by atoms with E-state index in [1.807, 2.05) is 43.1 Å². The predicted molar refractivity (Wildman–Crippen MR) is 196 cm³/mol. The molecule has 3 aromatic carbocycles. The number of carbonyl (C=O) groups is 3. The van der Waals surface area contributed by atoms with Crippen LogP contribution < -0.4 is 28.7 Å². The van der Waals surface area contributed by atoms with Gasteiger partial charge in [0.2, 0.25) is 0 Å². The molecule has 2 atom stereocenters. The van der Waals surface area contributed by atoms with Gasteiger partial charge >= 0.3 is 5.97 Å². The number of carbonyl (C=O) groups excluding carboxylic acids is 3. The van der Waals surface area contributed by atoms with Crippen LogP contribution in [0.5, 0.6) is 23.0 Å². The lowest BCUT2D eigenvalue weighted by Crippen LogP contribution is -2.56. The Labute approximate surface area is 299 Å². The van der Waals surface area contributed by atoms with Gasteiger partial charge in [-0.1, -0.05) is 32.0 Å². The Balaban J connectivity index is 1.39. The van der Waals surface area contributed by atoms with E-state index in [1.165, 1.54) is 27.4 Å². The maximum Gasteiger partial charge on any atom is 0.330 e. The second-order valence-electron chi connectivity index (χ2n) is 12.4. The van der Waals surface area contributed by atoms with Crippen LogP contribution in [-0.4, -0.2) is 90.2 Å². The molecule has 5 rings (SSSR count). The van der Waals surface area contributed by atoms with Gasteiger partial charge in [0.15, 0.2) is 23.0 Å². The number of amides is 2. The second kappa shape index (κ2) is 16.0. The van der Waals surface area contributed by atoms with Gasteiger partial charge in [-0.15, -0.1) is 0 Å². The van der Waals surface area contributed by atoms with Crippen LogP contribution in [0.2, 0.25) is 0 Å². The first-order chi connectivity index (χ1) is 24.6. The number of para-hydroxylation sites is 1. The highest BCUT2D eigenvalue weighted by atomic mass is 16.5. The summed E-state index contributed by atoms with van der Waals surface area (Å²) in [5.74, 6) is 0.690. The molecule has 0 N–H and O–H groups in total. The Morgan fingerprint density at radius 3 is 2.25 bits per heavy atom. The third kappa shape index (κ3) is 7.35. The molecule has 0 saturated carbocycles. The zero-order valence-electron chi connectivity index (χ0n) is 30.4. The first-order valence-corrected chi connectivity index (χ1v) is 17.0. The Morgan fingerprint density at radius 2 is 1.63 bits per heavy atom. The molecule has 0 aliphatic carbocycles. The van der Waals surface area contributed by atoms with Gasteiger partial charge in [-0.2, -0.15) is 0 Å². The van der Waals surface area contributed by atoms with Crippen LogP contribution >= 0.6 is 0 Å². The van der Waals surface area contributed by atoms with E-state index in [1.54, 1.807) is 29.2 Å².